The predicted octanol–water partition coefficient (Wildman–Crippen LogP) is 1.35. The number of hydrogen-bond acceptors (Lipinski definition) is 3. The molecular formula is C10H19NO3S. The van der Waals surface area contributed by atoms with Crippen molar-refractivity contribution in [3.8, 4) is 0 Å². The molecule has 0 aromatic heterocycles. The highest BCUT2D eigenvalue weighted by atomic mass is 32.2. The molecule has 0 radical (unpaired) electrons. The molecule has 0 heterocycles. The molecule has 0 aliphatic rings. The van der Waals surface area contributed by atoms with Crippen molar-refractivity contribution in [1.82, 2.24) is 5.32 Å². The molecule has 4 nitrogen and oxygen atoms in total. The topological polar surface area (TPSA) is 66.4 Å². The minimum absolute atomic E-state index is 0.108. The van der Waals surface area contributed by atoms with Crippen molar-refractivity contribution in [3.05, 3.63) is 0 Å². The van der Waals surface area contributed by atoms with Crippen LogP contribution in [0.3, 0.4) is 0 Å². The Morgan fingerprint density at radius 3 is 2.33 bits per heavy atom. The fraction of sp³-hybridized carbons (Fsp3) is 0.800. The third-order valence-electron chi connectivity index (χ3n) is 1.85. The van der Waals surface area contributed by atoms with Crippen LogP contribution in [0.25, 0.3) is 0 Å². The van der Waals surface area contributed by atoms with E-state index in [1.807, 2.05) is 13.8 Å². The summed E-state index contributed by atoms with van der Waals surface area (Å²) < 4.78 is 0. The molecule has 0 aliphatic carbocycles. The van der Waals surface area contributed by atoms with Gasteiger partial charge in [0.15, 0.2) is 0 Å². The molecule has 0 saturated heterocycles. The number of carbonyl (C=O) groups is 2. The van der Waals surface area contributed by atoms with Gasteiger partial charge in [0.2, 0.25) is 5.91 Å². The van der Waals surface area contributed by atoms with Gasteiger partial charge in [0.05, 0.1) is 11.2 Å². The third-order valence-corrected chi connectivity index (χ3v) is 2.95. The largest absolute Gasteiger partial charge is 0.481 e. The molecule has 2 N–H and O–H groups in total. The van der Waals surface area contributed by atoms with Gasteiger partial charge in [0, 0.05) is 6.54 Å². The zero-order valence-corrected chi connectivity index (χ0v) is 10.5. The Bertz CT molecular complexity index is 239. The van der Waals surface area contributed by atoms with Gasteiger partial charge in [-0.05, 0) is 19.1 Å². The van der Waals surface area contributed by atoms with Crippen LogP contribution in [0.2, 0.25) is 0 Å². The molecule has 5 heteroatoms. The summed E-state index contributed by atoms with van der Waals surface area (Å²) in [6.07, 6.45) is 0. The quantitative estimate of drug-likeness (QED) is 0.727. The Labute approximate surface area is 94.8 Å². The monoisotopic (exact) mass is 233 g/mol. The summed E-state index contributed by atoms with van der Waals surface area (Å²) in [4.78, 5) is 22.0. The highest BCUT2D eigenvalue weighted by molar-refractivity contribution is 8.00. The molecule has 0 spiro atoms. The number of amides is 1. The van der Waals surface area contributed by atoms with Gasteiger partial charge < -0.3 is 10.4 Å². The number of carbonyl (C=O) groups excluding carboxylic acids is 1. The molecule has 0 saturated carbocycles. The van der Waals surface area contributed by atoms with Crippen LogP contribution in [-0.2, 0) is 9.59 Å². The molecule has 0 atom stereocenters. The van der Waals surface area contributed by atoms with Crippen molar-refractivity contribution in [2.75, 3.05) is 12.3 Å². The van der Waals surface area contributed by atoms with Crippen LogP contribution < -0.4 is 5.32 Å². The Balaban J connectivity index is 3.85. The number of thioether (sulfide) groups is 1. The van der Waals surface area contributed by atoms with Gasteiger partial charge >= 0.3 is 5.97 Å². The van der Waals surface area contributed by atoms with Crippen LogP contribution in [0, 0.1) is 5.41 Å². The first-order valence-corrected chi connectivity index (χ1v) is 5.92. The molecule has 0 aliphatic heterocycles. The maximum absolute atomic E-state index is 11.3. The number of aliphatic carboxylic acids is 1. The lowest BCUT2D eigenvalue weighted by molar-refractivity contribution is -0.146. The highest BCUT2D eigenvalue weighted by Gasteiger charge is 2.27. The standard InChI is InChI=1S/C10H19NO3S/c1-7(2)15-5-8(12)11-6-10(3,4)9(13)14/h7H,5-6H2,1-4H3,(H,11,12)(H,13,14). The Kier molecular flexibility index (Phi) is 5.72. The molecule has 0 rings (SSSR count). The summed E-state index contributed by atoms with van der Waals surface area (Å²) in [6.45, 7) is 7.37. The number of carboxylic acid groups (broad SMARTS) is 1. The van der Waals surface area contributed by atoms with E-state index in [4.69, 9.17) is 5.11 Å². The van der Waals surface area contributed by atoms with Gasteiger partial charge in [-0.15, -0.1) is 11.8 Å². The summed E-state index contributed by atoms with van der Waals surface area (Å²) in [6, 6.07) is 0. The van der Waals surface area contributed by atoms with Gasteiger partial charge in [-0.3, -0.25) is 9.59 Å². The lowest BCUT2D eigenvalue weighted by Gasteiger charge is -2.19. The average Bonchev–Trinajstić information content (AvgIpc) is 2.11. The summed E-state index contributed by atoms with van der Waals surface area (Å²) in [7, 11) is 0. The van der Waals surface area contributed by atoms with E-state index in [1.165, 1.54) is 11.8 Å². The first kappa shape index (κ1) is 14.3. The van der Waals surface area contributed by atoms with Crippen molar-refractivity contribution in [3.63, 3.8) is 0 Å². The van der Waals surface area contributed by atoms with Gasteiger partial charge in [0.1, 0.15) is 0 Å². The van der Waals surface area contributed by atoms with Crippen molar-refractivity contribution >= 4 is 23.6 Å². The molecule has 1 amide bonds. The van der Waals surface area contributed by atoms with Crippen LogP contribution in [0.5, 0.6) is 0 Å². The van der Waals surface area contributed by atoms with Crippen molar-refractivity contribution in [2.45, 2.75) is 32.9 Å². The van der Waals surface area contributed by atoms with E-state index in [9.17, 15) is 9.59 Å². The number of carboxylic acids is 1. The second-order valence-electron chi connectivity index (χ2n) is 4.33. The van der Waals surface area contributed by atoms with Gasteiger partial charge in [-0.1, -0.05) is 13.8 Å². The summed E-state index contributed by atoms with van der Waals surface area (Å²) in [5.74, 6) is -0.629. The lowest BCUT2D eigenvalue weighted by Crippen LogP contribution is -2.39. The SMILES string of the molecule is CC(C)SCC(=O)NCC(C)(C)C(=O)O. The first-order chi connectivity index (χ1) is 6.75. The van der Waals surface area contributed by atoms with Gasteiger partial charge in [-0.25, -0.2) is 0 Å². The molecular weight excluding hydrogens is 214 g/mol. The molecule has 0 unspecified atom stereocenters. The van der Waals surface area contributed by atoms with Crippen LogP contribution >= 0.6 is 11.8 Å². The Morgan fingerprint density at radius 2 is 1.93 bits per heavy atom. The molecule has 0 aromatic rings. The highest BCUT2D eigenvalue weighted by Crippen LogP contribution is 2.13. The van der Waals surface area contributed by atoms with E-state index in [2.05, 4.69) is 5.32 Å². The zero-order valence-electron chi connectivity index (χ0n) is 9.66. The van der Waals surface area contributed by atoms with E-state index >= 15 is 0 Å². The maximum Gasteiger partial charge on any atom is 0.310 e. The zero-order chi connectivity index (χ0) is 12.1. The first-order valence-electron chi connectivity index (χ1n) is 4.87. The van der Waals surface area contributed by atoms with Crippen LogP contribution in [0.15, 0.2) is 0 Å². The molecule has 15 heavy (non-hydrogen) atoms. The van der Waals surface area contributed by atoms with Gasteiger partial charge in [0.25, 0.3) is 0 Å². The minimum Gasteiger partial charge on any atom is -0.481 e. The number of hydrogen-bond donors (Lipinski definition) is 2. The van der Waals surface area contributed by atoms with E-state index in [1.54, 1.807) is 13.8 Å². The fourth-order valence-electron chi connectivity index (χ4n) is 0.689. The fourth-order valence-corrected chi connectivity index (χ4v) is 1.28. The van der Waals surface area contributed by atoms with Crippen LogP contribution in [0.4, 0.5) is 0 Å². The van der Waals surface area contributed by atoms with E-state index in [0.717, 1.165) is 0 Å². The summed E-state index contributed by atoms with van der Waals surface area (Å²) in [5.41, 5.74) is -0.905. The summed E-state index contributed by atoms with van der Waals surface area (Å²) in [5, 5.41) is 11.8. The maximum atomic E-state index is 11.3. The molecule has 0 fully saturated rings. The van der Waals surface area contributed by atoms with Crippen molar-refractivity contribution < 1.29 is 14.7 Å². The smallest absolute Gasteiger partial charge is 0.310 e. The summed E-state index contributed by atoms with van der Waals surface area (Å²) >= 11 is 1.54. The average molecular weight is 233 g/mol. The Hall–Kier alpha value is -0.710. The van der Waals surface area contributed by atoms with Crippen LogP contribution in [0.1, 0.15) is 27.7 Å². The van der Waals surface area contributed by atoms with E-state index < -0.39 is 11.4 Å². The van der Waals surface area contributed by atoms with E-state index in [0.29, 0.717) is 11.0 Å². The third kappa shape index (κ3) is 6.38. The second-order valence-corrected chi connectivity index (χ2v) is 5.89. The number of nitrogens with one attached hydrogen (secondary N) is 1. The normalized spacial score (nSPS) is 11.5. The van der Waals surface area contributed by atoms with Crippen molar-refractivity contribution in [1.29, 1.82) is 0 Å². The predicted molar refractivity (Wildman–Crippen MR) is 62.0 cm³/mol. The van der Waals surface area contributed by atoms with Crippen LogP contribution in [-0.4, -0.2) is 34.5 Å². The second kappa shape index (κ2) is 6.00. The van der Waals surface area contributed by atoms with Crippen molar-refractivity contribution in [2.24, 2.45) is 5.41 Å². The minimum atomic E-state index is -0.905. The Morgan fingerprint density at radius 1 is 1.40 bits per heavy atom. The molecule has 0 aromatic carbocycles. The molecule has 0 bridgehead atoms. The number of rotatable bonds is 6. The molecule has 88 valence electrons. The van der Waals surface area contributed by atoms with Gasteiger partial charge in [-0.2, -0.15) is 0 Å². The van der Waals surface area contributed by atoms with E-state index in [-0.39, 0.29) is 12.5 Å². The lowest BCUT2D eigenvalue weighted by atomic mass is 9.94.